The van der Waals surface area contributed by atoms with Crippen molar-refractivity contribution in [1.82, 2.24) is 15.5 Å². The lowest BCUT2D eigenvalue weighted by Crippen LogP contribution is -2.22. The average Bonchev–Trinajstić information content (AvgIpc) is 2.34. The van der Waals surface area contributed by atoms with E-state index in [0.29, 0.717) is 0 Å². The molecule has 1 aromatic heterocycles. The standard InChI is InChI=1S/C15H25N3/c1-6-8-16-15(9-11(3)4)13-10-12(5)17-18-14(13)7-2/h9-10,15-16H,6-8H2,1-5H3. The highest BCUT2D eigenvalue weighted by Crippen LogP contribution is 2.20. The van der Waals surface area contributed by atoms with Crippen LogP contribution in [0.1, 0.15) is 57.1 Å². The minimum absolute atomic E-state index is 0.249. The lowest BCUT2D eigenvalue weighted by molar-refractivity contribution is 0.599. The molecular formula is C15H25N3. The van der Waals surface area contributed by atoms with Gasteiger partial charge in [0.1, 0.15) is 0 Å². The van der Waals surface area contributed by atoms with Gasteiger partial charge in [-0.15, -0.1) is 0 Å². The Labute approximate surface area is 111 Å². The van der Waals surface area contributed by atoms with Crippen molar-refractivity contribution < 1.29 is 0 Å². The van der Waals surface area contributed by atoms with Crippen LogP contribution in [0.4, 0.5) is 0 Å². The summed E-state index contributed by atoms with van der Waals surface area (Å²) in [6.45, 7) is 11.6. The van der Waals surface area contributed by atoms with Gasteiger partial charge in [0.2, 0.25) is 0 Å². The number of aromatic nitrogens is 2. The van der Waals surface area contributed by atoms with Gasteiger partial charge in [-0.1, -0.05) is 25.5 Å². The summed E-state index contributed by atoms with van der Waals surface area (Å²) in [7, 11) is 0. The largest absolute Gasteiger partial charge is 0.307 e. The van der Waals surface area contributed by atoms with Crippen LogP contribution in [-0.2, 0) is 6.42 Å². The Morgan fingerprint density at radius 2 is 2.06 bits per heavy atom. The van der Waals surface area contributed by atoms with Gasteiger partial charge >= 0.3 is 0 Å². The molecule has 0 amide bonds. The van der Waals surface area contributed by atoms with Crippen LogP contribution >= 0.6 is 0 Å². The predicted molar refractivity (Wildman–Crippen MR) is 76.6 cm³/mol. The quantitative estimate of drug-likeness (QED) is 0.783. The first kappa shape index (κ1) is 14.8. The molecule has 0 aliphatic rings. The summed E-state index contributed by atoms with van der Waals surface area (Å²) in [5, 5.41) is 12.0. The Morgan fingerprint density at radius 3 is 2.61 bits per heavy atom. The third-order valence-corrected chi connectivity index (χ3v) is 2.81. The summed E-state index contributed by atoms with van der Waals surface area (Å²) >= 11 is 0. The number of nitrogens with one attached hydrogen (secondary N) is 1. The number of aryl methyl sites for hydroxylation is 2. The van der Waals surface area contributed by atoms with Crippen molar-refractivity contribution in [2.24, 2.45) is 0 Å². The van der Waals surface area contributed by atoms with E-state index in [1.54, 1.807) is 0 Å². The number of hydrogen-bond donors (Lipinski definition) is 1. The maximum atomic E-state index is 4.31. The van der Waals surface area contributed by atoms with Crippen molar-refractivity contribution in [3.8, 4) is 0 Å². The van der Waals surface area contributed by atoms with E-state index < -0.39 is 0 Å². The average molecular weight is 247 g/mol. The van der Waals surface area contributed by atoms with Gasteiger partial charge in [0.15, 0.2) is 0 Å². The van der Waals surface area contributed by atoms with Gasteiger partial charge in [0, 0.05) is 0 Å². The highest BCUT2D eigenvalue weighted by atomic mass is 15.1. The lowest BCUT2D eigenvalue weighted by atomic mass is 10.0. The second kappa shape index (κ2) is 7.27. The Morgan fingerprint density at radius 1 is 1.33 bits per heavy atom. The maximum Gasteiger partial charge on any atom is 0.0679 e. The number of allylic oxidation sites excluding steroid dienone is 1. The molecule has 3 heteroatoms. The number of hydrogen-bond acceptors (Lipinski definition) is 3. The van der Waals surface area contributed by atoms with Crippen LogP contribution in [0.2, 0.25) is 0 Å². The van der Waals surface area contributed by atoms with Gasteiger partial charge in [0.05, 0.1) is 17.4 Å². The van der Waals surface area contributed by atoms with Gasteiger partial charge in [-0.05, 0) is 51.8 Å². The maximum absolute atomic E-state index is 4.31. The molecule has 1 unspecified atom stereocenters. The molecule has 1 heterocycles. The summed E-state index contributed by atoms with van der Waals surface area (Å²) < 4.78 is 0. The molecule has 0 aliphatic carbocycles. The van der Waals surface area contributed by atoms with E-state index in [-0.39, 0.29) is 6.04 Å². The monoisotopic (exact) mass is 247 g/mol. The van der Waals surface area contributed by atoms with E-state index in [1.807, 2.05) is 6.92 Å². The Kier molecular flexibility index (Phi) is 5.99. The van der Waals surface area contributed by atoms with Gasteiger partial charge in [-0.3, -0.25) is 0 Å². The predicted octanol–water partition coefficient (Wildman–Crippen LogP) is 3.35. The van der Waals surface area contributed by atoms with Gasteiger partial charge < -0.3 is 5.32 Å². The minimum Gasteiger partial charge on any atom is -0.307 e. The van der Waals surface area contributed by atoms with Gasteiger partial charge in [0.25, 0.3) is 0 Å². The van der Waals surface area contributed by atoms with Crippen LogP contribution < -0.4 is 5.32 Å². The smallest absolute Gasteiger partial charge is 0.0679 e. The fourth-order valence-corrected chi connectivity index (χ4v) is 1.97. The summed E-state index contributed by atoms with van der Waals surface area (Å²) in [5.41, 5.74) is 4.65. The topological polar surface area (TPSA) is 37.8 Å². The van der Waals surface area contributed by atoms with Crippen LogP contribution in [0.25, 0.3) is 0 Å². The Bertz CT molecular complexity index is 406. The molecule has 0 aromatic carbocycles. The van der Waals surface area contributed by atoms with E-state index in [1.165, 1.54) is 11.1 Å². The summed E-state index contributed by atoms with van der Waals surface area (Å²) in [6.07, 6.45) is 4.32. The van der Waals surface area contributed by atoms with E-state index in [9.17, 15) is 0 Å². The molecule has 1 N–H and O–H groups in total. The molecule has 18 heavy (non-hydrogen) atoms. The van der Waals surface area contributed by atoms with E-state index in [2.05, 4.69) is 55.4 Å². The Hall–Kier alpha value is -1.22. The van der Waals surface area contributed by atoms with Gasteiger partial charge in [-0.2, -0.15) is 10.2 Å². The molecule has 0 saturated carbocycles. The SMILES string of the molecule is CCCNC(C=C(C)C)c1cc(C)nnc1CC. The van der Waals surface area contributed by atoms with Crippen LogP contribution in [0.15, 0.2) is 17.7 Å². The molecule has 1 aromatic rings. The molecule has 0 radical (unpaired) electrons. The molecule has 0 spiro atoms. The first-order chi connectivity index (χ1) is 8.58. The van der Waals surface area contributed by atoms with Crippen molar-refractivity contribution in [3.05, 3.63) is 34.7 Å². The van der Waals surface area contributed by atoms with E-state index in [4.69, 9.17) is 0 Å². The number of nitrogens with zero attached hydrogens (tertiary/aromatic N) is 2. The highest BCUT2D eigenvalue weighted by Gasteiger charge is 2.13. The third-order valence-electron chi connectivity index (χ3n) is 2.81. The van der Waals surface area contributed by atoms with E-state index >= 15 is 0 Å². The zero-order valence-electron chi connectivity index (χ0n) is 12.2. The molecule has 1 atom stereocenters. The molecule has 1 rings (SSSR count). The molecule has 0 fully saturated rings. The molecule has 0 aliphatic heterocycles. The minimum atomic E-state index is 0.249. The van der Waals surface area contributed by atoms with Gasteiger partial charge in [-0.25, -0.2) is 0 Å². The fourth-order valence-electron chi connectivity index (χ4n) is 1.97. The zero-order valence-corrected chi connectivity index (χ0v) is 12.2. The van der Waals surface area contributed by atoms with E-state index in [0.717, 1.165) is 30.8 Å². The third kappa shape index (κ3) is 4.22. The molecule has 100 valence electrons. The van der Waals surface area contributed by atoms with Crippen molar-refractivity contribution in [3.63, 3.8) is 0 Å². The van der Waals surface area contributed by atoms with Crippen LogP contribution in [0, 0.1) is 6.92 Å². The summed E-state index contributed by atoms with van der Waals surface area (Å²) in [6, 6.07) is 2.40. The fraction of sp³-hybridized carbons (Fsp3) is 0.600. The summed E-state index contributed by atoms with van der Waals surface area (Å²) in [5.74, 6) is 0. The van der Waals surface area contributed by atoms with Crippen LogP contribution in [0.5, 0.6) is 0 Å². The van der Waals surface area contributed by atoms with Crippen molar-refractivity contribution in [2.75, 3.05) is 6.54 Å². The summed E-state index contributed by atoms with van der Waals surface area (Å²) in [4.78, 5) is 0. The zero-order chi connectivity index (χ0) is 13.5. The van der Waals surface area contributed by atoms with Crippen LogP contribution in [0.3, 0.4) is 0 Å². The highest BCUT2D eigenvalue weighted by molar-refractivity contribution is 5.29. The second-order valence-electron chi connectivity index (χ2n) is 4.92. The second-order valence-corrected chi connectivity index (χ2v) is 4.92. The molecule has 3 nitrogen and oxygen atoms in total. The molecule has 0 bridgehead atoms. The van der Waals surface area contributed by atoms with Crippen molar-refractivity contribution in [1.29, 1.82) is 0 Å². The Balaban J connectivity index is 3.10. The molecular weight excluding hydrogens is 222 g/mol. The van der Waals surface area contributed by atoms with Crippen molar-refractivity contribution >= 4 is 0 Å². The molecule has 0 saturated heterocycles. The lowest BCUT2D eigenvalue weighted by Gasteiger charge is -2.18. The number of rotatable bonds is 6. The normalized spacial score (nSPS) is 12.3. The van der Waals surface area contributed by atoms with Crippen molar-refractivity contribution in [2.45, 2.75) is 53.5 Å². The first-order valence-electron chi connectivity index (χ1n) is 6.80. The van der Waals surface area contributed by atoms with Crippen LogP contribution in [-0.4, -0.2) is 16.7 Å². The first-order valence-corrected chi connectivity index (χ1v) is 6.80.